The number of aryl methyl sites for hydroxylation is 2. The van der Waals surface area contributed by atoms with Gasteiger partial charge in [-0.25, -0.2) is 0 Å². The summed E-state index contributed by atoms with van der Waals surface area (Å²) >= 11 is 0. The van der Waals surface area contributed by atoms with Crippen LogP contribution in [0.3, 0.4) is 0 Å². The fourth-order valence-electron chi connectivity index (χ4n) is 4.89. The minimum atomic E-state index is -0.206. The number of hydrogen-bond acceptors (Lipinski definition) is 5. The molecule has 3 N–H and O–H groups in total. The number of anilines is 1. The number of piperidine rings is 1. The molecule has 1 fully saturated rings. The lowest BCUT2D eigenvalue weighted by atomic mass is 9.97. The molecule has 3 aromatic rings. The number of aromatic nitrogens is 2. The summed E-state index contributed by atoms with van der Waals surface area (Å²) in [6.07, 6.45) is 5.74. The first-order valence-corrected chi connectivity index (χ1v) is 12.9. The number of nitrogens with zero attached hydrogens (tertiary/aromatic N) is 2. The Hall–Kier alpha value is -3.45. The molecule has 0 spiro atoms. The average molecular weight is 488 g/mol. The predicted molar refractivity (Wildman–Crippen MR) is 145 cm³/mol. The zero-order chi connectivity index (χ0) is 25.7. The van der Waals surface area contributed by atoms with Gasteiger partial charge in [0.25, 0.3) is 11.5 Å². The van der Waals surface area contributed by atoms with E-state index in [4.69, 9.17) is 4.98 Å². The molecular formula is C29H37N5O2. The number of H-pyrrole nitrogens is 1. The number of rotatable bonds is 8. The van der Waals surface area contributed by atoms with Crippen LogP contribution in [0, 0.1) is 20.8 Å². The molecular weight excluding hydrogens is 450 g/mol. The highest BCUT2D eigenvalue weighted by Crippen LogP contribution is 2.29. The molecule has 0 unspecified atom stereocenters. The molecule has 7 heteroatoms. The molecule has 4 rings (SSSR count). The Morgan fingerprint density at radius 3 is 2.50 bits per heavy atom. The van der Waals surface area contributed by atoms with Gasteiger partial charge in [0.05, 0.1) is 5.69 Å². The van der Waals surface area contributed by atoms with E-state index < -0.39 is 0 Å². The monoisotopic (exact) mass is 487 g/mol. The molecule has 7 nitrogen and oxygen atoms in total. The molecule has 190 valence electrons. The molecule has 0 atom stereocenters. The molecule has 0 bridgehead atoms. The van der Waals surface area contributed by atoms with Crippen LogP contribution in [-0.2, 0) is 13.1 Å². The van der Waals surface area contributed by atoms with E-state index >= 15 is 0 Å². The molecule has 1 aliphatic heterocycles. The van der Waals surface area contributed by atoms with Crippen molar-refractivity contribution >= 4 is 11.6 Å². The van der Waals surface area contributed by atoms with Crippen LogP contribution in [0.5, 0.6) is 0 Å². The smallest absolute Gasteiger partial charge is 0.253 e. The Bertz CT molecular complexity index is 1270. The largest absolute Gasteiger partial charge is 0.385 e. The third-order valence-electron chi connectivity index (χ3n) is 6.93. The normalized spacial score (nSPS) is 14.0. The second-order valence-corrected chi connectivity index (χ2v) is 9.73. The molecule has 36 heavy (non-hydrogen) atoms. The maximum Gasteiger partial charge on any atom is 0.253 e. The van der Waals surface area contributed by atoms with Crippen molar-refractivity contribution in [3.63, 3.8) is 0 Å². The van der Waals surface area contributed by atoms with Crippen molar-refractivity contribution in [3.05, 3.63) is 80.5 Å². The standard InChI is InChI=1S/C29H37N5O2/c1-5-30-27-15-23(22-9-10-24(31-16-22)18-34-11-7-6-8-12-34)14-25(21(27)4)28(35)32-17-26-19(2)13-20(3)33-29(26)36/h9-10,13-16,30H,5-8,11-12,17-18H2,1-4H3,(H,32,35)(H,33,36). The first-order valence-electron chi connectivity index (χ1n) is 12.9. The highest BCUT2D eigenvalue weighted by molar-refractivity contribution is 5.98. The Kier molecular flexibility index (Phi) is 8.21. The summed E-state index contributed by atoms with van der Waals surface area (Å²) < 4.78 is 0. The first-order chi connectivity index (χ1) is 17.4. The van der Waals surface area contributed by atoms with Crippen LogP contribution >= 0.6 is 0 Å². The minimum Gasteiger partial charge on any atom is -0.385 e. The van der Waals surface area contributed by atoms with E-state index in [9.17, 15) is 9.59 Å². The van der Waals surface area contributed by atoms with Crippen LogP contribution in [0.2, 0.25) is 0 Å². The number of carbonyl (C=O) groups excluding carboxylic acids is 1. The number of pyridine rings is 2. The highest BCUT2D eigenvalue weighted by atomic mass is 16.1. The summed E-state index contributed by atoms with van der Waals surface area (Å²) in [5.74, 6) is -0.206. The van der Waals surface area contributed by atoms with Gasteiger partial charge in [-0.05, 0) is 94.6 Å². The van der Waals surface area contributed by atoms with Crippen LogP contribution in [0.15, 0.2) is 41.3 Å². The minimum absolute atomic E-state index is 0.165. The molecule has 0 saturated carbocycles. The summed E-state index contributed by atoms with van der Waals surface area (Å²) in [5.41, 5.74) is 7.43. The van der Waals surface area contributed by atoms with Crippen LogP contribution in [0.1, 0.15) is 64.6 Å². The molecule has 3 heterocycles. The van der Waals surface area contributed by atoms with Crippen molar-refractivity contribution in [2.45, 2.75) is 60.0 Å². The van der Waals surface area contributed by atoms with Gasteiger partial charge in [-0.3, -0.25) is 19.5 Å². The van der Waals surface area contributed by atoms with Crippen LogP contribution in [-0.4, -0.2) is 40.4 Å². The van der Waals surface area contributed by atoms with Gasteiger partial charge in [-0.1, -0.05) is 12.5 Å². The maximum atomic E-state index is 13.3. The fourth-order valence-corrected chi connectivity index (χ4v) is 4.89. The Balaban J connectivity index is 1.56. The summed E-state index contributed by atoms with van der Waals surface area (Å²) in [6, 6.07) is 10.1. The molecule has 1 aromatic carbocycles. The lowest BCUT2D eigenvalue weighted by molar-refractivity contribution is 0.0950. The molecule has 2 aromatic heterocycles. The topological polar surface area (TPSA) is 90.1 Å². The van der Waals surface area contributed by atoms with E-state index in [0.29, 0.717) is 11.1 Å². The maximum absolute atomic E-state index is 13.3. The van der Waals surface area contributed by atoms with Crippen LogP contribution in [0.25, 0.3) is 11.1 Å². The van der Waals surface area contributed by atoms with Crippen molar-refractivity contribution in [1.29, 1.82) is 0 Å². The first kappa shape index (κ1) is 25.6. The summed E-state index contributed by atoms with van der Waals surface area (Å²) in [7, 11) is 0. The van der Waals surface area contributed by atoms with Crippen molar-refractivity contribution in [2.24, 2.45) is 0 Å². The SMILES string of the molecule is CCNc1cc(-c2ccc(CN3CCCCC3)nc2)cc(C(=O)NCc2c(C)cc(C)[nH]c2=O)c1C. The van der Waals surface area contributed by atoms with Gasteiger partial charge in [0.2, 0.25) is 0 Å². The molecule has 0 aliphatic carbocycles. The molecule has 1 amide bonds. The van der Waals surface area contributed by atoms with Gasteiger partial charge < -0.3 is 15.6 Å². The van der Waals surface area contributed by atoms with E-state index in [1.54, 1.807) is 0 Å². The fraction of sp³-hybridized carbons (Fsp3) is 0.414. The predicted octanol–water partition coefficient (Wildman–Crippen LogP) is 4.71. The average Bonchev–Trinajstić information content (AvgIpc) is 2.86. The molecule has 0 radical (unpaired) electrons. The van der Waals surface area contributed by atoms with Crippen molar-refractivity contribution in [1.82, 2.24) is 20.2 Å². The third-order valence-corrected chi connectivity index (χ3v) is 6.93. The van der Waals surface area contributed by atoms with E-state index in [1.807, 2.05) is 46.0 Å². The summed E-state index contributed by atoms with van der Waals surface area (Å²) in [5, 5.41) is 6.33. The summed E-state index contributed by atoms with van der Waals surface area (Å²) in [6.45, 7) is 11.8. The number of hydrogen-bond donors (Lipinski definition) is 3. The summed E-state index contributed by atoms with van der Waals surface area (Å²) in [4.78, 5) is 35.7. The van der Waals surface area contributed by atoms with Gasteiger partial charge in [0, 0.05) is 53.9 Å². The lowest BCUT2D eigenvalue weighted by Gasteiger charge is -2.25. The van der Waals surface area contributed by atoms with Gasteiger partial charge in [0.15, 0.2) is 0 Å². The van der Waals surface area contributed by atoms with Crippen molar-refractivity contribution in [2.75, 3.05) is 25.0 Å². The quantitative estimate of drug-likeness (QED) is 0.428. The Morgan fingerprint density at radius 1 is 1.06 bits per heavy atom. The van der Waals surface area contributed by atoms with Gasteiger partial charge >= 0.3 is 0 Å². The molecule has 1 aliphatic rings. The zero-order valence-corrected chi connectivity index (χ0v) is 21.8. The number of carbonyl (C=O) groups is 1. The van der Waals surface area contributed by atoms with Crippen LogP contribution < -0.4 is 16.2 Å². The lowest BCUT2D eigenvalue weighted by Crippen LogP contribution is -2.29. The van der Waals surface area contributed by atoms with E-state index in [0.717, 1.165) is 65.5 Å². The second kappa shape index (κ2) is 11.5. The number of amides is 1. The zero-order valence-electron chi connectivity index (χ0n) is 21.8. The van der Waals surface area contributed by atoms with Crippen molar-refractivity contribution in [3.8, 4) is 11.1 Å². The second-order valence-electron chi connectivity index (χ2n) is 9.73. The van der Waals surface area contributed by atoms with Gasteiger partial charge in [-0.15, -0.1) is 0 Å². The number of benzene rings is 1. The van der Waals surface area contributed by atoms with E-state index in [-0.39, 0.29) is 18.0 Å². The van der Waals surface area contributed by atoms with Crippen LogP contribution in [0.4, 0.5) is 5.69 Å². The van der Waals surface area contributed by atoms with Gasteiger partial charge in [0.1, 0.15) is 0 Å². The number of nitrogens with one attached hydrogen (secondary N) is 3. The number of aromatic amines is 1. The Morgan fingerprint density at radius 2 is 1.83 bits per heavy atom. The third kappa shape index (κ3) is 6.02. The van der Waals surface area contributed by atoms with E-state index in [1.165, 1.54) is 19.3 Å². The molecule has 1 saturated heterocycles. The Labute approximate surface area is 213 Å². The number of likely N-dealkylation sites (tertiary alicyclic amines) is 1. The van der Waals surface area contributed by atoms with E-state index in [2.05, 4.69) is 38.7 Å². The highest BCUT2D eigenvalue weighted by Gasteiger charge is 2.17. The van der Waals surface area contributed by atoms with Gasteiger partial charge in [-0.2, -0.15) is 0 Å². The van der Waals surface area contributed by atoms with Crippen molar-refractivity contribution < 1.29 is 4.79 Å².